The van der Waals surface area contributed by atoms with Gasteiger partial charge in [0.05, 0.1) is 17.8 Å². The Balaban J connectivity index is 1.33. The van der Waals surface area contributed by atoms with Crippen molar-refractivity contribution >= 4 is 23.4 Å². The van der Waals surface area contributed by atoms with Crippen molar-refractivity contribution in [3.05, 3.63) is 101 Å². The van der Waals surface area contributed by atoms with Gasteiger partial charge in [-0.2, -0.15) is 0 Å². The summed E-state index contributed by atoms with van der Waals surface area (Å²) in [5.74, 6) is -0.260. The molecule has 3 amide bonds. The highest BCUT2D eigenvalue weighted by Crippen LogP contribution is 2.33. The first kappa shape index (κ1) is 21.9. The first-order valence-electron chi connectivity index (χ1n) is 11.7. The number of amides is 3. The first-order valence-corrected chi connectivity index (χ1v) is 11.7. The summed E-state index contributed by atoms with van der Waals surface area (Å²) >= 11 is 0. The molecule has 34 heavy (non-hydrogen) atoms. The van der Waals surface area contributed by atoms with E-state index in [1.165, 1.54) is 0 Å². The average molecular weight is 454 g/mol. The van der Waals surface area contributed by atoms with Gasteiger partial charge in [0.25, 0.3) is 11.8 Å². The van der Waals surface area contributed by atoms with Crippen LogP contribution in [0, 0.1) is 6.92 Å². The Morgan fingerprint density at radius 3 is 2.50 bits per heavy atom. The van der Waals surface area contributed by atoms with Crippen LogP contribution in [0.4, 0.5) is 5.69 Å². The van der Waals surface area contributed by atoms with Crippen molar-refractivity contribution in [3.63, 3.8) is 0 Å². The van der Waals surface area contributed by atoms with Crippen LogP contribution in [0.5, 0.6) is 0 Å². The first-order chi connectivity index (χ1) is 16.5. The van der Waals surface area contributed by atoms with Gasteiger partial charge in [0, 0.05) is 18.7 Å². The minimum atomic E-state index is -0.411. The smallest absolute Gasteiger partial charge is 0.256 e. The van der Waals surface area contributed by atoms with Gasteiger partial charge in [-0.15, -0.1) is 0 Å². The molecule has 0 aliphatic carbocycles. The zero-order valence-electron chi connectivity index (χ0n) is 19.2. The van der Waals surface area contributed by atoms with Gasteiger partial charge >= 0.3 is 0 Å². The van der Waals surface area contributed by atoms with E-state index < -0.39 is 6.04 Å². The molecule has 0 aromatic heterocycles. The second kappa shape index (κ2) is 9.14. The topological polar surface area (TPSA) is 69.7 Å². The van der Waals surface area contributed by atoms with Crippen LogP contribution in [0.15, 0.2) is 72.8 Å². The van der Waals surface area contributed by atoms with Crippen LogP contribution in [0.3, 0.4) is 0 Å². The van der Waals surface area contributed by atoms with Gasteiger partial charge in [0.1, 0.15) is 6.04 Å². The quantitative estimate of drug-likeness (QED) is 0.633. The van der Waals surface area contributed by atoms with Crippen LogP contribution >= 0.6 is 0 Å². The summed E-state index contributed by atoms with van der Waals surface area (Å²) in [5, 5.41) is 2.97. The monoisotopic (exact) mass is 453 g/mol. The third-order valence-electron chi connectivity index (χ3n) is 6.75. The van der Waals surface area contributed by atoms with Crippen molar-refractivity contribution in [3.8, 4) is 0 Å². The number of hydrogen-bond acceptors (Lipinski definition) is 3. The third-order valence-corrected chi connectivity index (χ3v) is 6.75. The molecule has 0 spiro atoms. The molecular weight excluding hydrogens is 426 g/mol. The molecule has 5 rings (SSSR count). The van der Waals surface area contributed by atoms with Gasteiger partial charge < -0.3 is 15.1 Å². The van der Waals surface area contributed by atoms with Crippen molar-refractivity contribution < 1.29 is 14.4 Å². The SMILES string of the molecule is Cc1ccccc1CNC(=O)c1ccc(CN2C(=O)[C@@H]3CCCN3C(=O)c3ccccc32)cc1. The van der Waals surface area contributed by atoms with Gasteiger partial charge in [-0.05, 0) is 60.7 Å². The highest BCUT2D eigenvalue weighted by molar-refractivity contribution is 6.11. The Kier molecular flexibility index (Phi) is 5.88. The van der Waals surface area contributed by atoms with Gasteiger partial charge in [-0.25, -0.2) is 0 Å². The summed E-state index contributed by atoms with van der Waals surface area (Å²) in [6.45, 7) is 3.46. The lowest BCUT2D eigenvalue weighted by Crippen LogP contribution is -2.44. The molecule has 1 N–H and O–H groups in total. The Morgan fingerprint density at radius 2 is 1.71 bits per heavy atom. The van der Waals surface area contributed by atoms with E-state index in [9.17, 15) is 14.4 Å². The van der Waals surface area contributed by atoms with Crippen LogP contribution < -0.4 is 10.2 Å². The molecule has 0 radical (unpaired) electrons. The minimum Gasteiger partial charge on any atom is -0.348 e. The molecular formula is C28H27N3O3. The Labute approximate surface area is 199 Å². The fourth-order valence-electron chi connectivity index (χ4n) is 4.80. The summed E-state index contributed by atoms with van der Waals surface area (Å²) in [6.07, 6.45) is 1.53. The van der Waals surface area contributed by atoms with Crippen LogP contribution in [0.25, 0.3) is 0 Å². The molecule has 0 bridgehead atoms. The molecule has 1 fully saturated rings. The van der Waals surface area contributed by atoms with E-state index in [-0.39, 0.29) is 17.7 Å². The molecule has 2 heterocycles. The van der Waals surface area contributed by atoms with Gasteiger partial charge in [-0.1, -0.05) is 48.5 Å². The van der Waals surface area contributed by atoms with Crippen molar-refractivity contribution in [2.24, 2.45) is 0 Å². The predicted molar refractivity (Wildman–Crippen MR) is 130 cm³/mol. The van der Waals surface area contributed by atoms with Crippen LogP contribution in [-0.4, -0.2) is 35.2 Å². The fourth-order valence-corrected chi connectivity index (χ4v) is 4.80. The van der Waals surface area contributed by atoms with Crippen molar-refractivity contribution in [1.29, 1.82) is 0 Å². The number of hydrogen-bond donors (Lipinski definition) is 1. The number of nitrogens with zero attached hydrogens (tertiary/aromatic N) is 2. The number of anilines is 1. The van der Waals surface area contributed by atoms with E-state index in [1.807, 2.05) is 61.5 Å². The fraction of sp³-hybridized carbons (Fsp3) is 0.250. The van der Waals surface area contributed by atoms with Gasteiger partial charge in [-0.3, -0.25) is 14.4 Å². The van der Waals surface area contributed by atoms with Crippen LogP contribution in [0.1, 0.15) is 50.2 Å². The molecule has 3 aromatic rings. The third kappa shape index (κ3) is 4.07. The summed E-state index contributed by atoms with van der Waals surface area (Å²) < 4.78 is 0. The Morgan fingerprint density at radius 1 is 0.971 bits per heavy atom. The van der Waals surface area contributed by atoms with E-state index in [4.69, 9.17) is 0 Å². The van der Waals surface area contributed by atoms with E-state index in [0.717, 1.165) is 23.1 Å². The summed E-state index contributed by atoms with van der Waals surface area (Å²) in [6, 6.07) is 22.2. The maximum absolute atomic E-state index is 13.4. The number of carbonyl (C=O) groups is 3. The normalized spacial score (nSPS) is 17.3. The zero-order valence-corrected chi connectivity index (χ0v) is 19.2. The molecule has 0 saturated carbocycles. The standard InChI is InChI=1S/C28H27N3O3/c1-19-7-2-3-8-22(19)17-29-26(32)21-14-12-20(13-15-21)18-31-24-10-5-4-9-23(24)27(33)30-16-6-11-25(30)28(31)34/h2-5,7-10,12-15,25H,6,11,16-18H2,1H3,(H,29,32)/t25-/m0/s1. The lowest BCUT2D eigenvalue weighted by atomic mass is 10.1. The van der Waals surface area contributed by atoms with Crippen molar-refractivity contribution in [2.45, 2.75) is 38.9 Å². The number of benzene rings is 3. The van der Waals surface area contributed by atoms with E-state index in [0.29, 0.717) is 42.9 Å². The second-order valence-corrected chi connectivity index (χ2v) is 8.90. The number of para-hydroxylation sites is 1. The maximum Gasteiger partial charge on any atom is 0.256 e. The van der Waals surface area contributed by atoms with Crippen LogP contribution in [-0.2, 0) is 17.9 Å². The largest absolute Gasteiger partial charge is 0.348 e. The maximum atomic E-state index is 13.4. The number of fused-ring (bicyclic) bond motifs is 2. The highest BCUT2D eigenvalue weighted by atomic mass is 16.2. The zero-order chi connectivity index (χ0) is 23.7. The summed E-state index contributed by atoms with van der Waals surface area (Å²) in [7, 11) is 0. The molecule has 3 aromatic carbocycles. The molecule has 0 unspecified atom stereocenters. The lowest BCUT2D eigenvalue weighted by molar-refractivity contribution is -0.122. The predicted octanol–water partition coefficient (Wildman–Crippen LogP) is 4.08. The number of rotatable bonds is 5. The second-order valence-electron chi connectivity index (χ2n) is 8.90. The van der Waals surface area contributed by atoms with Gasteiger partial charge in [0.15, 0.2) is 0 Å². The Hall–Kier alpha value is -3.93. The van der Waals surface area contributed by atoms with Crippen LogP contribution in [0.2, 0.25) is 0 Å². The van der Waals surface area contributed by atoms with Crippen molar-refractivity contribution in [1.82, 2.24) is 10.2 Å². The molecule has 2 aliphatic rings. The molecule has 172 valence electrons. The number of aryl methyl sites for hydroxylation is 1. The van der Waals surface area contributed by atoms with E-state index in [2.05, 4.69) is 5.32 Å². The summed E-state index contributed by atoms with van der Waals surface area (Å²) in [4.78, 5) is 42.6. The minimum absolute atomic E-state index is 0.0455. The number of carbonyl (C=O) groups excluding carboxylic acids is 3. The van der Waals surface area contributed by atoms with E-state index in [1.54, 1.807) is 28.0 Å². The lowest BCUT2D eigenvalue weighted by Gasteiger charge is -2.26. The average Bonchev–Trinajstić information content (AvgIpc) is 3.34. The molecule has 1 saturated heterocycles. The van der Waals surface area contributed by atoms with E-state index >= 15 is 0 Å². The number of nitrogens with one attached hydrogen (secondary N) is 1. The molecule has 6 heteroatoms. The summed E-state index contributed by atoms with van der Waals surface area (Å²) in [5.41, 5.74) is 4.90. The highest BCUT2D eigenvalue weighted by Gasteiger charge is 2.41. The molecule has 1 atom stereocenters. The Bertz CT molecular complexity index is 1250. The molecule has 2 aliphatic heterocycles. The molecule has 6 nitrogen and oxygen atoms in total. The van der Waals surface area contributed by atoms with Gasteiger partial charge in [0.2, 0.25) is 5.91 Å². The van der Waals surface area contributed by atoms with Crippen molar-refractivity contribution in [2.75, 3.05) is 11.4 Å².